The minimum atomic E-state index is -0.595. The summed E-state index contributed by atoms with van der Waals surface area (Å²) in [6.45, 7) is 5.77. The third kappa shape index (κ3) is 3.87. The van der Waals surface area contributed by atoms with Crippen LogP contribution in [0.2, 0.25) is 0 Å². The molecule has 1 unspecified atom stereocenters. The van der Waals surface area contributed by atoms with Crippen LogP contribution >= 0.6 is 0 Å². The highest BCUT2D eigenvalue weighted by atomic mass is 16.1. The zero-order chi connectivity index (χ0) is 12.8. The maximum absolute atomic E-state index is 11.8. The number of nitrogens with zero attached hydrogens (tertiary/aromatic N) is 2. The Balaban J connectivity index is 2.77. The second-order valence-electron chi connectivity index (χ2n) is 4.13. The molecule has 1 amide bonds. The highest BCUT2D eigenvalue weighted by Crippen LogP contribution is 2.12. The number of hydrogen-bond donors (Lipinski definition) is 1. The van der Waals surface area contributed by atoms with E-state index in [0.717, 1.165) is 17.7 Å². The highest BCUT2D eigenvalue weighted by molar-refractivity contribution is 5.93. The summed E-state index contributed by atoms with van der Waals surface area (Å²) in [7, 11) is 0. The Morgan fingerprint density at radius 1 is 1.53 bits per heavy atom. The summed E-state index contributed by atoms with van der Waals surface area (Å²) < 4.78 is 0. The Morgan fingerprint density at radius 3 is 2.76 bits per heavy atom. The van der Waals surface area contributed by atoms with Crippen LogP contribution in [0.1, 0.15) is 31.0 Å². The van der Waals surface area contributed by atoms with Crippen LogP contribution in [0.15, 0.2) is 12.1 Å². The van der Waals surface area contributed by atoms with Crippen LogP contribution < -0.4 is 5.32 Å². The van der Waals surface area contributed by atoms with E-state index in [2.05, 4.69) is 10.3 Å². The summed E-state index contributed by atoms with van der Waals surface area (Å²) in [5, 5.41) is 11.6. The predicted molar refractivity (Wildman–Crippen MR) is 66.4 cm³/mol. The van der Waals surface area contributed by atoms with Gasteiger partial charge in [-0.25, -0.2) is 4.98 Å². The topological polar surface area (TPSA) is 65.8 Å². The molecule has 0 bridgehead atoms. The number of aryl methyl sites for hydroxylation is 2. The fourth-order valence-electron chi connectivity index (χ4n) is 1.66. The van der Waals surface area contributed by atoms with E-state index in [1.807, 2.05) is 32.9 Å². The van der Waals surface area contributed by atoms with Crippen molar-refractivity contribution in [1.82, 2.24) is 4.98 Å². The predicted octanol–water partition coefficient (Wildman–Crippen LogP) is 2.58. The lowest BCUT2D eigenvalue weighted by molar-refractivity contribution is -0.118. The number of anilines is 1. The van der Waals surface area contributed by atoms with E-state index in [-0.39, 0.29) is 5.91 Å². The molecule has 90 valence electrons. The quantitative estimate of drug-likeness (QED) is 0.866. The molecule has 1 aromatic heterocycles. The first-order valence-electron chi connectivity index (χ1n) is 5.72. The third-order valence-corrected chi connectivity index (χ3v) is 2.40. The molecule has 0 spiro atoms. The molecule has 0 saturated carbocycles. The molecular weight excluding hydrogens is 214 g/mol. The van der Waals surface area contributed by atoms with Crippen molar-refractivity contribution < 1.29 is 4.79 Å². The Bertz CT molecular complexity index is 428. The van der Waals surface area contributed by atoms with Gasteiger partial charge in [-0.05, 0) is 38.0 Å². The molecule has 4 heteroatoms. The number of aromatic nitrogens is 1. The Kier molecular flexibility index (Phi) is 4.65. The van der Waals surface area contributed by atoms with Crippen molar-refractivity contribution in [2.75, 3.05) is 5.32 Å². The van der Waals surface area contributed by atoms with Crippen molar-refractivity contribution in [3.8, 4) is 6.07 Å². The minimum Gasteiger partial charge on any atom is -0.310 e. The zero-order valence-corrected chi connectivity index (χ0v) is 10.4. The molecule has 0 aliphatic heterocycles. The van der Waals surface area contributed by atoms with Crippen LogP contribution in [0.3, 0.4) is 0 Å². The molecule has 0 aromatic carbocycles. The van der Waals surface area contributed by atoms with Gasteiger partial charge in [0.1, 0.15) is 11.7 Å². The van der Waals surface area contributed by atoms with Gasteiger partial charge in [-0.2, -0.15) is 5.26 Å². The number of hydrogen-bond acceptors (Lipinski definition) is 3. The van der Waals surface area contributed by atoms with Crippen molar-refractivity contribution in [3.05, 3.63) is 23.4 Å². The van der Waals surface area contributed by atoms with Gasteiger partial charge in [-0.1, -0.05) is 13.3 Å². The van der Waals surface area contributed by atoms with Crippen molar-refractivity contribution in [2.45, 2.75) is 33.6 Å². The lowest BCUT2D eigenvalue weighted by Gasteiger charge is -2.09. The standard InChI is InChI=1S/C13H17N3O/c1-4-5-11(8-14)13(17)16-12-7-9(2)6-10(3)15-12/h6-7,11H,4-5H2,1-3H3,(H,15,16,17). The van der Waals surface area contributed by atoms with Crippen molar-refractivity contribution in [3.63, 3.8) is 0 Å². The summed E-state index contributed by atoms with van der Waals surface area (Å²) in [5.41, 5.74) is 1.89. The number of carbonyl (C=O) groups is 1. The molecule has 1 aromatic rings. The van der Waals surface area contributed by atoms with E-state index in [4.69, 9.17) is 5.26 Å². The molecule has 17 heavy (non-hydrogen) atoms. The number of nitriles is 1. The Morgan fingerprint density at radius 2 is 2.24 bits per heavy atom. The molecule has 1 atom stereocenters. The Hall–Kier alpha value is -1.89. The van der Waals surface area contributed by atoms with E-state index in [0.29, 0.717) is 12.2 Å². The summed E-state index contributed by atoms with van der Waals surface area (Å²) in [5.74, 6) is -0.349. The number of rotatable bonds is 4. The van der Waals surface area contributed by atoms with Crippen LogP contribution in [0.5, 0.6) is 0 Å². The van der Waals surface area contributed by atoms with Gasteiger partial charge >= 0.3 is 0 Å². The average molecular weight is 231 g/mol. The molecule has 0 saturated heterocycles. The van der Waals surface area contributed by atoms with Gasteiger partial charge in [-0.15, -0.1) is 0 Å². The van der Waals surface area contributed by atoms with Gasteiger partial charge in [0.15, 0.2) is 0 Å². The fraction of sp³-hybridized carbons (Fsp3) is 0.462. The van der Waals surface area contributed by atoms with Crippen molar-refractivity contribution in [2.24, 2.45) is 5.92 Å². The number of carbonyl (C=O) groups excluding carboxylic acids is 1. The molecule has 4 nitrogen and oxygen atoms in total. The van der Waals surface area contributed by atoms with Crippen LogP contribution in [-0.2, 0) is 4.79 Å². The van der Waals surface area contributed by atoms with Crippen LogP contribution in [0.25, 0.3) is 0 Å². The minimum absolute atomic E-state index is 0.271. The lowest BCUT2D eigenvalue weighted by atomic mass is 10.1. The lowest BCUT2D eigenvalue weighted by Crippen LogP contribution is -2.22. The van der Waals surface area contributed by atoms with Gasteiger partial charge in [0, 0.05) is 5.69 Å². The first-order chi connectivity index (χ1) is 8.06. The average Bonchev–Trinajstić information content (AvgIpc) is 2.24. The molecule has 0 aliphatic carbocycles. The van der Waals surface area contributed by atoms with Crippen LogP contribution in [0, 0.1) is 31.1 Å². The van der Waals surface area contributed by atoms with E-state index >= 15 is 0 Å². The van der Waals surface area contributed by atoms with Gasteiger partial charge in [0.2, 0.25) is 5.91 Å². The molecule has 0 fully saturated rings. The third-order valence-electron chi connectivity index (χ3n) is 2.40. The molecule has 1 rings (SSSR count). The van der Waals surface area contributed by atoms with E-state index < -0.39 is 5.92 Å². The SMILES string of the molecule is CCCC(C#N)C(=O)Nc1cc(C)cc(C)n1. The molecule has 1 heterocycles. The van der Waals surface area contributed by atoms with E-state index in [9.17, 15) is 4.79 Å². The maximum Gasteiger partial charge on any atom is 0.242 e. The largest absolute Gasteiger partial charge is 0.310 e. The molecule has 0 radical (unpaired) electrons. The van der Waals surface area contributed by atoms with Crippen LogP contribution in [0.4, 0.5) is 5.82 Å². The van der Waals surface area contributed by atoms with Crippen molar-refractivity contribution >= 4 is 11.7 Å². The monoisotopic (exact) mass is 231 g/mol. The number of nitrogens with one attached hydrogen (secondary N) is 1. The summed E-state index contributed by atoms with van der Waals surface area (Å²) in [6, 6.07) is 5.74. The van der Waals surface area contributed by atoms with Gasteiger partial charge in [-0.3, -0.25) is 4.79 Å². The second-order valence-corrected chi connectivity index (χ2v) is 4.13. The molecular formula is C13H17N3O. The summed E-state index contributed by atoms with van der Waals surface area (Å²) in [6.07, 6.45) is 1.39. The Labute approximate surface area is 102 Å². The first kappa shape index (κ1) is 13.2. The summed E-state index contributed by atoms with van der Waals surface area (Å²) >= 11 is 0. The maximum atomic E-state index is 11.8. The fourth-order valence-corrected chi connectivity index (χ4v) is 1.66. The normalized spacial score (nSPS) is 11.6. The smallest absolute Gasteiger partial charge is 0.242 e. The number of amides is 1. The van der Waals surface area contributed by atoms with Crippen LogP contribution in [-0.4, -0.2) is 10.9 Å². The molecule has 1 N–H and O–H groups in total. The van der Waals surface area contributed by atoms with Gasteiger partial charge < -0.3 is 5.32 Å². The summed E-state index contributed by atoms with van der Waals surface area (Å²) in [4.78, 5) is 16.0. The van der Waals surface area contributed by atoms with Gasteiger partial charge in [0.25, 0.3) is 0 Å². The van der Waals surface area contributed by atoms with E-state index in [1.165, 1.54) is 0 Å². The second kappa shape index (κ2) is 6.00. The van der Waals surface area contributed by atoms with Crippen molar-refractivity contribution in [1.29, 1.82) is 5.26 Å². The first-order valence-corrected chi connectivity index (χ1v) is 5.72. The van der Waals surface area contributed by atoms with E-state index in [1.54, 1.807) is 6.07 Å². The number of pyridine rings is 1. The molecule has 0 aliphatic rings. The highest BCUT2D eigenvalue weighted by Gasteiger charge is 2.17. The zero-order valence-electron chi connectivity index (χ0n) is 10.4. The van der Waals surface area contributed by atoms with Gasteiger partial charge in [0.05, 0.1) is 6.07 Å².